The monoisotopic (exact) mass is 291 g/mol. The summed E-state index contributed by atoms with van der Waals surface area (Å²) in [7, 11) is 0. The van der Waals surface area contributed by atoms with Crippen molar-refractivity contribution in [2.45, 2.75) is 51.2 Å². The van der Waals surface area contributed by atoms with Crippen LogP contribution in [0.25, 0.3) is 0 Å². The Morgan fingerprint density at radius 2 is 2.10 bits per heavy atom. The van der Waals surface area contributed by atoms with Gasteiger partial charge in [-0.3, -0.25) is 4.79 Å². The van der Waals surface area contributed by atoms with Gasteiger partial charge < -0.3 is 15.2 Å². The number of rotatable bonds is 6. The number of benzene rings is 1. The molecule has 1 aliphatic carbocycles. The standard InChI is InChI=1S/C16H21NO4/c1-11(2)21-13-6-3-5-12(9-13)10-14(18)17-16(15(19)20)7-4-8-16/h3,5-6,9,11H,4,7-8,10H2,1-2H3,(H,17,18)(H,19,20). The number of hydrogen-bond acceptors (Lipinski definition) is 3. The first-order chi connectivity index (χ1) is 9.91. The maximum Gasteiger partial charge on any atom is 0.329 e. The maximum absolute atomic E-state index is 12.0. The molecular formula is C16H21NO4. The summed E-state index contributed by atoms with van der Waals surface area (Å²) in [6.07, 6.45) is 2.07. The van der Waals surface area contributed by atoms with Gasteiger partial charge in [0.25, 0.3) is 0 Å². The van der Waals surface area contributed by atoms with E-state index in [4.69, 9.17) is 4.74 Å². The quantitative estimate of drug-likeness (QED) is 0.842. The Morgan fingerprint density at radius 1 is 1.38 bits per heavy atom. The number of ether oxygens (including phenoxy) is 1. The van der Waals surface area contributed by atoms with Gasteiger partial charge in [-0.05, 0) is 50.8 Å². The van der Waals surface area contributed by atoms with Gasteiger partial charge in [0.1, 0.15) is 11.3 Å². The minimum atomic E-state index is -1.05. The van der Waals surface area contributed by atoms with Crippen LogP contribution in [0.5, 0.6) is 5.75 Å². The van der Waals surface area contributed by atoms with E-state index in [0.717, 1.165) is 12.0 Å². The van der Waals surface area contributed by atoms with Crippen molar-refractivity contribution in [3.05, 3.63) is 29.8 Å². The number of carboxylic acid groups (broad SMARTS) is 1. The first kappa shape index (κ1) is 15.4. The first-order valence-corrected chi connectivity index (χ1v) is 7.21. The second-order valence-corrected chi connectivity index (χ2v) is 5.78. The summed E-state index contributed by atoms with van der Waals surface area (Å²) in [6, 6.07) is 7.32. The van der Waals surface area contributed by atoms with Crippen molar-refractivity contribution >= 4 is 11.9 Å². The average Bonchev–Trinajstić information content (AvgIpc) is 2.33. The zero-order chi connectivity index (χ0) is 15.5. The number of aliphatic carboxylic acids is 1. The third-order valence-corrected chi connectivity index (χ3v) is 3.63. The number of amides is 1. The Labute approximate surface area is 124 Å². The van der Waals surface area contributed by atoms with Crippen LogP contribution < -0.4 is 10.1 Å². The molecule has 2 N–H and O–H groups in total. The van der Waals surface area contributed by atoms with Crippen LogP contribution in [-0.2, 0) is 16.0 Å². The lowest BCUT2D eigenvalue weighted by Crippen LogP contribution is -2.59. The molecule has 2 rings (SSSR count). The van der Waals surface area contributed by atoms with Crippen molar-refractivity contribution in [2.24, 2.45) is 0 Å². The molecule has 5 heteroatoms. The highest BCUT2D eigenvalue weighted by Crippen LogP contribution is 2.32. The molecule has 1 amide bonds. The Hall–Kier alpha value is -2.04. The van der Waals surface area contributed by atoms with Gasteiger partial charge in [0.15, 0.2) is 0 Å². The molecular weight excluding hydrogens is 270 g/mol. The first-order valence-electron chi connectivity index (χ1n) is 7.21. The molecule has 21 heavy (non-hydrogen) atoms. The molecule has 0 unspecified atom stereocenters. The molecule has 1 aliphatic rings. The minimum absolute atomic E-state index is 0.0688. The van der Waals surface area contributed by atoms with E-state index in [1.54, 1.807) is 0 Å². The van der Waals surface area contributed by atoms with Gasteiger partial charge in [-0.1, -0.05) is 12.1 Å². The molecule has 0 aliphatic heterocycles. The van der Waals surface area contributed by atoms with E-state index < -0.39 is 11.5 Å². The van der Waals surface area contributed by atoms with E-state index in [0.29, 0.717) is 18.6 Å². The van der Waals surface area contributed by atoms with Crippen molar-refractivity contribution in [3.63, 3.8) is 0 Å². The Bertz CT molecular complexity index is 535. The molecule has 0 aromatic heterocycles. The normalized spacial score (nSPS) is 16.1. The van der Waals surface area contributed by atoms with Gasteiger partial charge in [0.05, 0.1) is 12.5 Å². The average molecular weight is 291 g/mol. The molecule has 1 aromatic carbocycles. The summed E-state index contributed by atoms with van der Waals surface area (Å²) in [5.74, 6) is -0.496. The Morgan fingerprint density at radius 3 is 2.62 bits per heavy atom. The fraction of sp³-hybridized carbons (Fsp3) is 0.500. The zero-order valence-corrected chi connectivity index (χ0v) is 12.4. The van der Waals surface area contributed by atoms with Crippen LogP contribution in [0.1, 0.15) is 38.7 Å². The second-order valence-electron chi connectivity index (χ2n) is 5.78. The second kappa shape index (κ2) is 6.16. The van der Waals surface area contributed by atoms with E-state index in [2.05, 4.69) is 5.32 Å². The van der Waals surface area contributed by atoms with Gasteiger partial charge in [0, 0.05) is 0 Å². The molecule has 1 aromatic rings. The highest BCUT2D eigenvalue weighted by Gasteiger charge is 2.45. The molecule has 114 valence electrons. The van der Waals surface area contributed by atoms with Crippen LogP contribution >= 0.6 is 0 Å². The third-order valence-electron chi connectivity index (χ3n) is 3.63. The number of nitrogens with one attached hydrogen (secondary N) is 1. The number of carbonyl (C=O) groups excluding carboxylic acids is 1. The van der Waals surface area contributed by atoms with Crippen molar-refractivity contribution in [1.29, 1.82) is 0 Å². The molecule has 0 radical (unpaired) electrons. The van der Waals surface area contributed by atoms with Gasteiger partial charge in [-0.15, -0.1) is 0 Å². The largest absolute Gasteiger partial charge is 0.491 e. The van der Waals surface area contributed by atoms with E-state index in [1.807, 2.05) is 38.1 Å². The topological polar surface area (TPSA) is 75.6 Å². The van der Waals surface area contributed by atoms with Gasteiger partial charge in [-0.25, -0.2) is 4.79 Å². The molecule has 5 nitrogen and oxygen atoms in total. The summed E-state index contributed by atoms with van der Waals surface area (Å²) in [5.41, 5.74) is -0.242. The predicted molar refractivity (Wildman–Crippen MR) is 78.3 cm³/mol. The minimum Gasteiger partial charge on any atom is -0.491 e. The van der Waals surface area contributed by atoms with E-state index in [9.17, 15) is 14.7 Å². The van der Waals surface area contributed by atoms with E-state index in [1.165, 1.54) is 0 Å². The van der Waals surface area contributed by atoms with Crippen molar-refractivity contribution in [3.8, 4) is 5.75 Å². The predicted octanol–water partition coefficient (Wildman–Crippen LogP) is 2.14. The van der Waals surface area contributed by atoms with Crippen LogP contribution in [0, 0.1) is 0 Å². The molecule has 1 saturated carbocycles. The number of carboxylic acids is 1. The van der Waals surface area contributed by atoms with Gasteiger partial charge >= 0.3 is 5.97 Å². The maximum atomic E-state index is 12.0. The lowest BCUT2D eigenvalue weighted by atomic mass is 9.76. The smallest absolute Gasteiger partial charge is 0.329 e. The fourth-order valence-corrected chi connectivity index (χ4v) is 2.42. The molecule has 0 saturated heterocycles. The summed E-state index contributed by atoms with van der Waals surface area (Å²) in [4.78, 5) is 23.3. The summed E-state index contributed by atoms with van der Waals surface area (Å²) in [5, 5.41) is 11.9. The zero-order valence-electron chi connectivity index (χ0n) is 12.4. The molecule has 1 fully saturated rings. The van der Waals surface area contributed by atoms with Crippen molar-refractivity contribution in [2.75, 3.05) is 0 Å². The molecule has 0 heterocycles. The van der Waals surface area contributed by atoms with Crippen LogP contribution in [-0.4, -0.2) is 28.6 Å². The number of carbonyl (C=O) groups is 2. The van der Waals surface area contributed by atoms with Crippen LogP contribution in [0.2, 0.25) is 0 Å². The van der Waals surface area contributed by atoms with E-state index in [-0.39, 0.29) is 18.4 Å². The molecule has 0 atom stereocenters. The third kappa shape index (κ3) is 3.74. The van der Waals surface area contributed by atoms with Crippen LogP contribution in [0.4, 0.5) is 0 Å². The molecule has 0 bridgehead atoms. The summed E-state index contributed by atoms with van der Waals surface area (Å²) < 4.78 is 5.58. The van der Waals surface area contributed by atoms with Crippen LogP contribution in [0.15, 0.2) is 24.3 Å². The Kier molecular flexibility index (Phi) is 4.50. The highest BCUT2D eigenvalue weighted by molar-refractivity contribution is 5.88. The summed E-state index contributed by atoms with van der Waals surface area (Å²) in [6.45, 7) is 3.87. The van der Waals surface area contributed by atoms with Gasteiger partial charge in [-0.2, -0.15) is 0 Å². The van der Waals surface area contributed by atoms with Crippen molar-refractivity contribution < 1.29 is 19.4 Å². The SMILES string of the molecule is CC(C)Oc1cccc(CC(=O)NC2(C(=O)O)CCC2)c1. The lowest BCUT2D eigenvalue weighted by molar-refractivity contribution is -0.151. The van der Waals surface area contributed by atoms with Gasteiger partial charge in [0.2, 0.25) is 5.91 Å². The summed E-state index contributed by atoms with van der Waals surface area (Å²) >= 11 is 0. The van der Waals surface area contributed by atoms with Crippen LogP contribution in [0.3, 0.4) is 0 Å². The lowest BCUT2D eigenvalue weighted by Gasteiger charge is -2.38. The fourth-order valence-electron chi connectivity index (χ4n) is 2.42. The van der Waals surface area contributed by atoms with E-state index >= 15 is 0 Å². The number of hydrogen-bond donors (Lipinski definition) is 2. The Balaban J connectivity index is 1.98. The molecule has 0 spiro atoms. The highest BCUT2D eigenvalue weighted by atomic mass is 16.5. The van der Waals surface area contributed by atoms with Crippen molar-refractivity contribution in [1.82, 2.24) is 5.32 Å².